The zero-order valence-corrected chi connectivity index (χ0v) is 10.7. The van der Waals surface area contributed by atoms with Gasteiger partial charge in [0.05, 0.1) is 17.0 Å². The molecule has 2 rings (SSSR count). The molecule has 0 amide bonds. The highest BCUT2D eigenvalue weighted by atomic mass is 32.2. The smallest absolute Gasteiger partial charge is 0.317 e. The summed E-state index contributed by atoms with van der Waals surface area (Å²) in [6, 6.07) is 0. The van der Waals surface area contributed by atoms with Crippen LogP contribution in [-0.2, 0) is 14.6 Å². The van der Waals surface area contributed by atoms with Gasteiger partial charge in [0, 0.05) is 13.1 Å². The molecule has 0 atom stereocenters. The Hall–Kier alpha value is -0.620. The number of rotatable bonds is 2. The minimum absolute atomic E-state index is 0.0444. The molecule has 0 aromatic heterocycles. The van der Waals surface area contributed by atoms with Gasteiger partial charge in [0.2, 0.25) is 0 Å². The maximum Gasteiger partial charge on any atom is 0.317 e. The highest BCUT2D eigenvalue weighted by molar-refractivity contribution is 7.92. The highest BCUT2D eigenvalue weighted by Crippen LogP contribution is 2.38. The Kier molecular flexibility index (Phi) is 3.45. The Bertz CT molecular complexity index is 398. The van der Waals surface area contributed by atoms with Crippen molar-refractivity contribution in [1.29, 1.82) is 0 Å². The van der Waals surface area contributed by atoms with Crippen molar-refractivity contribution in [2.24, 2.45) is 0 Å². The van der Waals surface area contributed by atoms with E-state index in [-0.39, 0.29) is 12.3 Å². The molecule has 1 aliphatic heterocycles. The summed E-state index contributed by atoms with van der Waals surface area (Å²) in [5.74, 6) is -0.768. The van der Waals surface area contributed by atoms with Crippen LogP contribution in [-0.4, -0.2) is 54.5 Å². The lowest BCUT2D eigenvalue weighted by Crippen LogP contribution is -2.57. The number of carboxylic acids is 1. The van der Waals surface area contributed by atoms with Crippen molar-refractivity contribution in [2.75, 3.05) is 25.4 Å². The average molecular weight is 261 g/mol. The van der Waals surface area contributed by atoms with E-state index in [9.17, 15) is 13.2 Å². The molecule has 1 saturated heterocycles. The van der Waals surface area contributed by atoms with Gasteiger partial charge in [-0.3, -0.25) is 9.69 Å². The van der Waals surface area contributed by atoms with Crippen LogP contribution in [0.1, 0.15) is 32.1 Å². The molecule has 2 aliphatic rings. The molecule has 2 fully saturated rings. The average Bonchev–Trinajstić information content (AvgIpc) is 2.25. The van der Waals surface area contributed by atoms with E-state index in [0.717, 1.165) is 19.3 Å². The zero-order chi connectivity index (χ0) is 12.5. The largest absolute Gasteiger partial charge is 0.480 e. The summed E-state index contributed by atoms with van der Waals surface area (Å²) in [6.45, 7) is 0.718. The van der Waals surface area contributed by atoms with Crippen LogP contribution in [0, 0.1) is 0 Å². The van der Waals surface area contributed by atoms with Crippen molar-refractivity contribution >= 4 is 15.8 Å². The Morgan fingerprint density at radius 2 is 1.88 bits per heavy atom. The van der Waals surface area contributed by atoms with E-state index in [4.69, 9.17) is 5.11 Å². The molecule has 6 heteroatoms. The van der Waals surface area contributed by atoms with Gasteiger partial charge in [-0.05, 0) is 12.8 Å². The van der Waals surface area contributed by atoms with Gasteiger partial charge < -0.3 is 5.11 Å². The van der Waals surface area contributed by atoms with Gasteiger partial charge in [-0.2, -0.15) is 0 Å². The third kappa shape index (κ3) is 2.47. The van der Waals surface area contributed by atoms with Crippen molar-refractivity contribution in [3.8, 4) is 0 Å². The first kappa shape index (κ1) is 12.8. The molecule has 0 bridgehead atoms. The Morgan fingerprint density at radius 3 is 2.47 bits per heavy atom. The molecule has 0 unspecified atom stereocenters. The first-order valence-corrected chi connectivity index (χ1v) is 7.77. The van der Waals surface area contributed by atoms with Crippen molar-refractivity contribution in [3.63, 3.8) is 0 Å². The number of carboxylic acid groups (broad SMARTS) is 1. The van der Waals surface area contributed by atoms with Crippen molar-refractivity contribution in [3.05, 3.63) is 0 Å². The quantitative estimate of drug-likeness (QED) is 0.783. The van der Waals surface area contributed by atoms with Crippen LogP contribution in [0.25, 0.3) is 0 Å². The van der Waals surface area contributed by atoms with Crippen molar-refractivity contribution in [1.82, 2.24) is 4.90 Å². The van der Waals surface area contributed by atoms with E-state index in [1.165, 1.54) is 0 Å². The van der Waals surface area contributed by atoms with Crippen LogP contribution in [0.15, 0.2) is 0 Å². The van der Waals surface area contributed by atoms with Crippen molar-refractivity contribution in [2.45, 2.75) is 36.9 Å². The van der Waals surface area contributed by atoms with Gasteiger partial charge in [0.15, 0.2) is 9.84 Å². The molecule has 17 heavy (non-hydrogen) atoms. The van der Waals surface area contributed by atoms with Gasteiger partial charge >= 0.3 is 5.97 Å². The predicted octanol–water partition coefficient (Wildman–Crippen LogP) is 0.504. The molecule has 0 aromatic rings. The van der Waals surface area contributed by atoms with Crippen LogP contribution in [0.5, 0.6) is 0 Å². The monoisotopic (exact) mass is 261 g/mol. The minimum atomic E-state index is -3.05. The van der Waals surface area contributed by atoms with Gasteiger partial charge in [0.1, 0.15) is 0 Å². The third-order valence-electron chi connectivity index (χ3n) is 3.97. The Morgan fingerprint density at radius 1 is 1.24 bits per heavy atom. The molecular formula is C11H19NO4S. The SMILES string of the molecule is O=C(O)CN1CCS(=O)(=O)C2(CCCCC2)C1. The molecule has 1 N–H and O–H groups in total. The molecule has 0 aromatic carbocycles. The summed E-state index contributed by atoms with van der Waals surface area (Å²) in [5, 5.41) is 8.79. The summed E-state index contributed by atoms with van der Waals surface area (Å²) in [6.07, 6.45) is 4.38. The van der Waals surface area contributed by atoms with Crippen LogP contribution in [0.4, 0.5) is 0 Å². The molecule has 1 aliphatic carbocycles. The maximum atomic E-state index is 12.2. The first-order valence-electron chi connectivity index (χ1n) is 6.12. The lowest BCUT2D eigenvalue weighted by molar-refractivity contribution is -0.138. The number of aliphatic carboxylic acids is 1. The molecule has 0 radical (unpaired) electrons. The van der Waals surface area contributed by atoms with Crippen LogP contribution < -0.4 is 0 Å². The van der Waals surface area contributed by atoms with E-state index < -0.39 is 20.6 Å². The first-order chi connectivity index (χ1) is 7.95. The summed E-state index contributed by atoms with van der Waals surface area (Å²) in [7, 11) is -3.05. The minimum Gasteiger partial charge on any atom is -0.480 e. The highest BCUT2D eigenvalue weighted by Gasteiger charge is 2.48. The zero-order valence-electron chi connectivity index (χ0n) is 9.89. The molecule has 1 heterocycles. The number of hydrogen-bond donors (Lipinski definition) is 1. The number of carbonyl (C=O) groups is 1. The number of sulfone groups is 1. The Labute approximate surface area is 102 Å². The fourth-order valence-corrected chi connectivity index (χ4v) is 5.26. The molecule has 1 spiro atoms. The van der Waals surface area contributed by atoms with Gasteiger partial charge in [-0.15, -0.1) is 0 Å². The Balaban J connectivity index is 2.17. The second-order valence-corrected chi connectivity index (χ2v) is 7.67. The number of nitrogens with zero attached hydrogens (tertiary/aromatic N) is 1. The third-order valence-corrected chi connectivity index (χ3v) is 6.55. The van der Waals surface area contributed by atoms with E-state index >= 15 is 0 Å². The lowest BCUT2D eigenvalue weighted by atomic mass is 9.87. The standard InChI is InChI=1S/C11H19NO4S/c13-10(14)8-12-6-7-17(15,16)11(9-12)4-2-1-3-5-11/h1-9H2,(H,13,14). The van der Waals surface area contributed by atoms with Crippen LogP contribution >= 0.6 is 0 Å². The van der Waals surface area contributed by atoms with Gasteiger partial charge in [-0.1, -0.05) is 19.3 Å². The normalized spacial score (nSPS) is 28.0. The molecule has 1 saturated carbocycles. The summed E-state index contributed by atoms with van der Waals surface area (Å²) >= 11 is 0. The fourth-order valence-electron chi connectivity index (χ4n) is 3.04. The van der Waals surface area contributed by atoms with E-state index in [2.05, 4.69) is 0 Å². The molecular weight excluding hydrogens is 242 g/mol. The van der Waals surface area contributed by atoms with Gasteiger partial charge in [0.25, 0.3) is 0 Å². The molecule has 5 nitrogen and oxygen atoms in total. The lowest BCUT2D eigenvalue weighted by Gasteiger charge is -2.43. The second kappa shape index (κ2) is 4.57. The fraction of sp³-hybridized carbons (Fsp3) is 0.909. The van der Waals surface area contributed by atoms with E-state index in [1.807, 2.05) is 0 Å². The van der Waals surface area contributed by atoms with E-state index in [1.54, 1.807) is 4.90 Å². The predicted molar refractivity (Wildman–Crippen MR) is 63.7 cm³/mol. The summed E-state index contributed by atoms with van der Waals surface area (Å²) in [4.78, 5) is 12.5. The topological polar surface area (TPSA) is 74.7 Å². The van der Waals surface area contributed by atoms with E-state index in [0.29, 0.717) is 25.9 Å². The van der Waals surface area contributed by atoms with Crippen molar-refractivity contribution < 1.29 is 18.3 Å². The second-order valence-electron chi connectivity index (χ2n) is 5.17. The number of hydrogen-bond acceptors (Lipinski definition) is 4. The summed E-state index contributed by atoms with van der Waals surface area (Å²) in [5.41, 5.74) is 0. The molecule has 98 valence electrons. The van der Waals surface area contributed by atoms with Crippen LogP contribution in [0.3, 0.4) is 0 Å². The maximum absolute atomic E-state index is 12.2. The van der Waals surface area contributed by atoms with Crippen LogP contribution in [0.2, 0.25) is 0 Å². The summed E-state index contributed by atoms with van der Waals surface area (Å²) < 4.78 is 23.8. The van der Waals surface area contributed by atoms with Gasteiger partial charge in [-0.25, -0.2) is 8.42 Å².